The highest BCUT2D eigenvalue weighted by molar-refractivity contribution is 5.53. The summed E-state index contributed by atoms with van der Waals surface area (Å²) in [6.45, 7) is 11.7. The maximum absolute atomic E-state index is 14.0. The van der Waals surface area contributed by atoms with Crippen molar-refractivity contribution >= 4 is 0 Å². The second kappa shape index (κ2) is 9.40. The van der Waals surface area contributed by atoms with E-state index in [-0.39, 0.29) is 11.7 Å². The minimum absolute atomic E-state index is 0.256. The topological polar surface area (TPSA) is 51.4 Å². The van der Waals surface area contributed by atoms with Gasteiger partial charge in [-0.05, 0) is 49.1 Å². The lowest BCUT2D eigenvalue weighted by Crippen LogP contribution is -2.42. The minimum Gasteiger partial charge on any atom is -0.421 e. The van der Waals surface area contributed by atoms with Crippen LogP contribution in [0.1, 0.15) is 33.1 Å². The average Bonchev–Trinajstić information content (AvgIpc) is 3.19. The summed E-state index contributed by atoms with van der Waals surface area (Å²) < 4.78 is 25.4. The van der Waals surface area contributed by atoms with E-state index in [2.05, 4.69) is 41.9 Å². The van der Waals surface area contributed by atoms with E-state index in [9.17, 15) is 4.39 Å². The average molecular weight is 414 g/mol. The maximum Gasteiger partial charge on any atom is 0.250 e. The molecule has 0 radical (unpaired) electrons. The molecule has 1 saturated heterocycles. The van der Waals surface area contributed by atoms with E-state index >= 15 is 0 Å². The van der Waals surface area contributed by atoms with Gasteiger partial charge in [-0.1, -0.05) is 37.6 Å². The van der Waals surface area contributed by atoms with Crippen LogP contribution in [0.2, 0.25) is 0 Å². The van der Waals surface area contributed by atoms with Crippen LogP contribution < -0.4 is 0 Å². The molecular weight excluding hydrogens is 381 g/mol. The van der Waals surface area contributed by atoms with E-state index in [1.165, 1.54) is 11.6 Å². The van der Waals surface area contributed by atoms with Crippen molar-refractivity contribution in [3.8, 4) is 11.5 Å². The molecule has 2 aliphatic rings. The van der Waals surface area contributed by atoms with Crippen molar-refractivity contribution in [2.45, 2.75) is 33.6 Å². The van der Waals surface area contributed by atoms with Crippen LogP contribution in [-0.4, -0.2) is 47.9 Å². The summed E-state index contributed by atoms with van der Waals surface area (Å²) >= 11 is 0. The first-order valence-electron chi connectivity index (χ1n) is 11.1. The summed E-state index contributed by atoms with van der Waals surface area (Å²) in [6.07, 6.45) is 4.30. The number of benzene rings is 1. The molecule has 0 N–H and O–H groups in total. The molecule has 0 amide bonds. The van der Waals surface area contributed by atoms with Crippen molar-refractivity contribution in [2.24, 2.45) is 23.7 Å². The van der Waals surface area contributed by atoms with Crippen LogP contribution in [0.3, 0.4) is 0 Å². The number of hydrogen-bond donors (Lipinski definition) is 0. The third-order valence-corrected chi connectivity index (χ3v) is 6.65. The summed E-state index contributed by atoms with van der Waals surface area (Å²) in [4.78, 5) is 2.53. The van der Waals surface area contributed by atoms with E-state index in [0.717, 1.165) is 39.3 Å². The van der Waals surface area contributed by atoms with Crippen LogP contribution in [-0.2, 0) is 11.2 Å². The molecule has 0 bridgehead atoms. The van der Waals surface area contributed by atoms with Crippen molar-refractivity contribution < 1.29 is 13.5 Å². The zero-order chi connectivity index (χ0) is 21.1. The Morgan fingerprint density at radius 3 is 2.67 bits per heavy atom. The van der Waals surface area contributed by atoms with Crippen LogP contribution in [0.4, 0.5) is 4.39 Å². The molecule has 2 heterocycles. The Morgan fingerprint density at radius 1 is 1.17 bits per heavy atom. The largest absolute Gasteiger partial charge is 0.421 e. The molecule has 2 aromatic rings. The van der Waals surface area contributed by atoms with Crippen LogP contribution in [0.25, 0.3) is 11.5 Å². The predicted octanol–water partition coefficient (Wildman–Crippen LogP) is 4.61. The van der Waals surface area contributed by atoms with E-state index < -0.39 is 0 Å². The van der Waals surface area contributed by atoms with E-state index in [4.69, 9.17) is 9.15 Å². The monoisotopic (exact) mass is 413 g/mol. The van der Waals surface area contributed by atoms with Gasteiger partial charge in [0.15, 0.2) is 0 Å². The number of ether oxygens (including phenoxy) is 1. The van der Waals surface area contributed by atoms with Crippen LogP contribution in [0.5, 0.6) is 0 Å². The number of aromatic nitrogens is 2. The van der Waals surface area contributed by atoms with Gasteiger partial charge in [-0.25, -0.2) is 4.39 Å². The molecule has 3 unspecified atom stereocenters. The minimum atomic E-state index is -0.340. The summed E-state index contributed by atoms with van der Waals surface area (Å²) in [5, 5.41) is 8.30. The zero-order valence-corrected chi connectivity index (χ0v) is 18.2. The van der Waals surface area contributed by atoms with Gasteiger partial charge in [0.05, 0.1) is 18.8 Å². The fourth-order valence-corrected chi connectivity index (χ4v) is 4.86. The third-order valence-electron chi connectivity index (χ3n) is 6.65. The molecule has 1 aromatic heterocycles. The molecule has 1 fully saturated rings. The highest BCUT2D eigenvalue weighted by Gasteiger charge is 2.33. The number of allylic oxidation sites excluding steroid dienone is 1. The quantitative estimate of drug-likeness (QED) is 0.648. The summed E-state index contributed by atoms with van der Waals surface area (Å²) in [5.74, 6) is 2.68. The Labute approximate surface area is 178 Å². The standard InChI is InChI=1S/C24H32FN3O2/c1-16(2)21-13-18(17(3)12-19(21)15-28-8-10-29-11-9-28)14-23-26-27-24(30-23)20-6-4-5-7-22(20)25/h4-7,12,16,18-19,21H,8-11,13-15H2,1-3H3. The third kappa shape index (κ3) is 4.81. The van der Waals surface area contributed by atoms with Gasteiger partial charge in [0.25, 0.3) is 5.89 Å². The summed E-state index contributed by atoms with van der Waals surface area (Å²) in [6, 6.07) is 6.52. The van der Waals surface area contributed by atoms with Crippen molar-refractivity contribution in [3.05, 3.63) is 47.6 Å². The summed E-state index contributed by atoms with van der Waals surface area (Å²) in [7, 11) is 0. The van der Waals surface area contributed by atoms with Crippen LogP contribution >= 0.6 is 0 Å². The molecule has 1 aromatic carbocycles. The lowest BCUT2D eigenvalue weighted by molar-refractivity contribution is 0.0256. The molecule has 6 heteroatoms. The molecule has 30 heavy (non-hydrogen) atoms. The first kappa shape index (κ1) is 21.2. The van der Waals surface area contributed by atoms with Gasteiger partial charge in [-0.3, -0.25) is 4.90 Å². The zero-order valence-electron chi connectivity index (χ0n) is 18.2. The van der Waals surface area contributed by atoms with Crippen molar-refractivity contribution in [3.63, 3.8) is 0 Å². The molecule has 5 nitrogen and oxygen atoms in total. The smallest absolute Gasteiger partial charge is 0.250 e. The molecule has 4 rings (SSSR count). The number of rotatable bonds is 6. The number of halogens is 1. The summed E-state index contributed by atoms with van der Waals surface area (Å²) in [5.41, 5.74) is 1.76. The molecule has 0 spiro atoms. The Morgan fingerprint density at radius 2 is 1.93 bits per heavy atom. The first-order chi connectivity index (χ1) is 14.5. The SMILES string of the molecule is CC1=CC(CN2CCOCC2)C(C(C)C)CC1Cc1nnc(-c2ccccc2F)o1. The lowest BCUT2D eigenvalue weighted by Gasteiger charge is -2.40. The Hall–Kier alpha value is -2.05. The second-order valence-corrected chi connectivity index (χ2v) is 9.01. The number of hydrogen-bond acceptors (Lipinski definition) is 5. The normalized spacial score (nSPS) is 25.5. The highest BCUT2D eigenvalue weighted by atomic mass is 19.1. The molecule has 1 aliphatic heterocycles. The van der Waals surface area contributed by atoms with Crippen molar-refractivity contribution in [2.75, 3.05) is 32.8 Å². The second-order valence-electron chi connectivity index (χ2n) is 9.01. The van der Waals surface area contributed by atoms with Gasteiger partial charge < -0.3 is 9.15 Å². The molecular formula is C24H32FN3O2. The number of morpholine rings is 1. The van der Waals surface area contributed by atoms with Gasteiger partial charge >= 0.3 is 0 Å². The molecule has 0 saturated carbocycles. The Kier molecular flexibility index (Phi) is 6.64. The van der Waals surface area contributed by atoms with Crippen molar-refractivity contribution in [1.29, 1.82) is 0 Å². The predicted molar refractivity (Wildman–Crippen MR) is 114 cm³/mol. The van der Waals surface area contributed by atoms with Gasteiger partial charge in [-0.2, -0.15) is 0 Å². The maximum atomic E-state index is 14.0. The molecule has 162 valence electrons. The van der Waals surface area contributed by atoms with E-state index in [0.29, 0.717) is 41.5 Å². The van der Waals surface area contributed by atoms with E-state index in [1.807, 2.05) is 0 Å². The highest BCUT2D eigenvalue weighted by Crippen LogP contribution is 2.39. The fourth-order valence-electron chi connectivity index (χ4n) is 4.86. The fraction of sp³-hybridized carbons (Fsp3) is 0.583. The number of nitrogens with zero attached hydrogens (tertiary/aromatic N) is 3. The van der Waals surface area contributed by atoms with Gasteiger partial charge in [-0.15, -0.1) is 10.2 Å². The molecule has 1 aliphatic carbocycles. The van der Waals surface area contributed by atoms with Crippen molar-refractivity contribution in [1.82, 2.24) is 15.1 Å². The van der Waals surface area contributed by atoms with E-state index in [1.54, 1.807) is 18.2 Å². The Balaban J connectivity index is 1.47. The van der Waals surface area contributed by atoms with Crippen LogP contribution in [0.15, 0.2) is 40.3 Å². The Bertz CT molecular complexity index is 873. The van der Waals surface area contributed by atoms with Gasteiger partial charge in [0.2, 0.25) is 5.89 Å². The molecule has 3 atom stereocenters. The van der Waals surface area contributed by atoms with Crippen LogP contribution in [0, 0.1) is 29.5 Å². The van der Waals surface area contributed by atoms with Gasteiger partial charge in [0.1, 0.15) is 5.82 Å². The first-order valence-corrected chi connectivity index (χ1v) is 11.1. The lowest BCUT2D eigenvalue weighted by atomic mass is 9.69. The van der Waals surface area contributed by atoms with Gasteiger partial charge in [0, 0.05) is 26.1 Å².